The number of benzene rings is 1. The number of methoxy groups -OCH3 is 1. The molecule has 1 heterocycles. The fourth-order valence-electron chi connectivity index (χ4n) is 2.26. The van der Waals surface area contributed by atoms with E-state index in [9.17, 15) is 4.79 Å². The maximum absolute atomic E-state index is 11.9. The lowest BCUT2D eigenvalue weighted by molar-refractivity contribution is -0.116. The molecule has 4 nitrogen and oxygen atoms in total. The second kappa shape index (κ2) is 8.49. The molecule has 1 aromatic rings. The topological polar surface area (TPSA) is 50.4 Å². The van der Waals surface area contributed by atoms with E-state index in [1.807, 2.05) is 18.2 Å². The van der Waals surface area contributed by atoms with Crippen LogP contribution >= 0.6 is 28.3 Å². The normalized spacial score (nSPS) is 17.4. The van der Waals surface area contributed by atoms with E-state index in [2.05, 4.69) is 26.6 Å². The molecule has 2 rings (SSSR count). The Labute approximate surface area is 134 Å². The Kier molecular flexibility index (Phi) is 7.34. The predicted molar refractivity (Wildman–Crippen MR) is 86.8 cm³/mol. The lowest BCUT2D eigenvalue weighted by Crippen LogP contribution is -2.15. The zero-order valence-electron chi connectivity index (χ0n) is 11.4. The lowest BCUT2D eigenvalue weighted by atomic mass is 10.0. The van der Waals surface area contributed by atoms with E-state index in [4.69, 9.17) is 4.74 Å². The zero-order valence-corrected chi connectivity index (χ0v) is 13.9. The molecule has 1 amide bonds. The molecule has 6 heteroatoms. The molecule has 2 N–H and O–H groups in total. The van der Waals surface area contributed by atoms with Crippen LogP contribution in [0.25, 0.3) is 0 Å². The van der Waals surface area contributed by atoms with Gasteiger partial charge in [-0.3, -0.25) is 4.79 Å². The molecular formula is C14H20BrClN2O2. The van der Waals surface area contributed by atoms with Gasteiger partial charge in [0.25, 0.3) is 0 Å². The van der Waals surface area contributed by atoms with E-state index < -0.39 is 0 Å². The maximum Gasteiger partial charge on any atom is 0.224 e. The monoisotopic (exact) mass is 362 g/mol. The number of ether oxygens (including phenoxy) is 1. The molecule has 1 aliphatic rings. The van der Waals surface area contributed by atoms with Gasteiger partial charge < -0.3 is 15.4 Å². The minimum absolute atomic E-state index is 0. The fourth-order valence-corrected chi connectivity index (χ4v) is 2.67. The maximum atomic E-state index is 11.9. The Morgan fingerprint density at radius 1 is 1.55 bits per heavy atom. The van der Waals surface area contributed by atoms with Crippen LogP contribution < -0.4 is 15.4 Å². The van der Waals surface area contributed by atoms with E-state index >= 15 is 0 Å². The van der Waals surface area contributed by atoms with Crippen molar-refractivity contribution < 1.29 is 9.53 Å². The van der Waals surface area contributed by atoms with E-state index in [-0.39, 0.29) is 18.3 Å². The summed E-state index contributed by atoms with van der Waals surface area (Å²) in [6.45, 7) is 2.12. The number of hydrogen-bond acceptors (Lipinski definition) is 3. The van der Waals surface area contributed by atoms with Crippen LogP contribution in [0.4, 0.5) is 5.69 Å². The van der Waals surface area contributed by atoms with Crippen molar-refractivity contribution in [2.75, 3.05) is 25.5 Å². The number of carbonyl (C=O) groups excluding carboxylic acids is 1. The van der Waals surface area contributed by atoms with Crippen LogP contribution in [0.1, 0.15) is 19.3 Å². The van der Waals surface area contributed by atoms with Gasteiger partial charge in [-0.1, -0.05) is 0 Å². The summed E-state index contributed by atoms with van der Waals surface area (Å²) in [5.74, 6) is 1.43. The van der Waals surface area contributed by atoms with E-state index in [1.54, 1.807) is 7.11 Å². The predicted octanol–water partition coefficient (Wildman–Crippen LogP) is 3.21. The first-order chi connectivity index (χ1) is 9.19. The number of halogens is 2. The molecule has 1 unspecified atom stereocenters. The van der Waals surface area contributed by atoms with Crippen LogP contribution in [0.15, 0.2) is 22.7 Å². The van der Waals surface area contributed by atoms with Gasteiger partial charge in [-0.2, -0.15) is 0 Å². The molecule has 1 saturated heterocycles. The standard InChI is InChI=1S/C14H19BrN2O2.ClH/c1-19-13-8-11(3-4-12(13)15)17-14(18)5-2-10-6-7-16-9-10;/h3-4,8,10,16H,2,5-7,9H2,1H3,(H,17,18);1H. The van der Waals surface area contributed by atoms with Crippen LogP contribution in [0.5, 0.6) is 5.75 Å². The SMILES string of the molecule is COc1cc(NC(=O)CCC2CCNC2)ccc1Br.Cl. The number of carbonyl (C=O) groups is 1. The van der Waals surface area contributed by atoms with E-state index in [0.717, 1.165) is 35.4 Å². The number of nitrogens with one attached hydrogen (secondary N) is 2. The van der Waals surface area contributed by atoms with Crippen molar-refractivity contribution in [3.63, 3.8) is 0 Å². The summed E-state index contributed by atoms with van der Waals surface area (Å²) >= 11 is 3.39. The Hall–Kier alpha value is -0.780. The second-order valence-electron chi connectivity index (χ2n) is 4.80. The molecule has 1 aliphatic heterocycles. The number of amides is 1. The first kappa shape index (κ1) is 17.3. The molecule has 0 spiro atoms. The van der Waals surface area contributed by atoms with Crippen LogP contribution in [0.2, 0.25) is 0 Å². The molecular weight excluding hydrogens is 344 g/mol. The summed E-state index contributed by atoms with van der Waals surface area (Å²) in [6, 6.07) is 5.55. The molecule has 0 saturated carbocycles. The van der Waals surface area contributed by atoms with Crippen molar-refractivity contribution in [1.29, 1.82) is 0 Å². The summed E-state index contributed by atoms with van der Waals surface area (Å²) in [7, 11) is 1.61. The summed E-state index contributed by atoms with van der Waals surface area (Å²) < 4.78 is 6.08. The van der Waals surface area contributed by atoms with Gasteiger partial charge in [0.15, 0.2) is 0 Å². The Morgan fingerprint density at radius 2 is 2.35 bits per heavy atom. The highest BCUT2D eigenvalue weighted by Gasteiger charge is 2.15. The molecule has 112 valence electrons. The lowest BCUT2D eigenvalue weighted by Gasteiger charge is -2.10. The van der Waals surface area contributed by atoms with Crippen molar-refractivity contribution in [3.05, 3.63) is 22.7 Å². The number of anilines is 1. The van der Waals surface area contributed by atoms with Crippen LogP contribution in [0, 0.1) is 5.92 Å². The van der Waals surface area contributed by atoms with Crippen molar-refractivity contribution in [3.8, 4) is 5.75 Å². The van der Waals surface area contributed by atoms with Crippen molar-refractivity contribution in [2.24, 2.45) is 5.92 Å². The van der Waals surface area contributed by atoms with Crippen molar-refractivity contribution in [1.82, 2.24) is 5.32 Å². The molecule has 1 atom stereocenters. The van der Waals surface area contributed by atoms with Crippen LogP contribution in [-0.2, 0) is 4.79 Å². The Bertz CT molecular complexity index is 451. The fraction of sp³-hybridized carbons (Fsp3) is 0.500. The van der Waals surface area contributed by atoms with Gasteiger partial charge in [0.05, 0.1) is 11.6 Å². The van der Waals surface area contributed by atoms with Gasteiger partial charge in [-0.15, -0.1) is 12.4 Å². The minimum atomic E-state index is 0. The minimum Gasteiger partial charge on any atom is -0.495 e. The summed E-state index contributed by atoms with van der Waals surface area (Å²) in [4.78, 5) is 11.9. The average molecular weight is 364 g/mol. The Morgan fingerprint density at radius 3 is 3.00 bits per heavy atom. The first-order valence-electron chi connectivity index (χ1n) is 6.53. The first-order valence-corrected chi connectivity index (χ1v) is 7.32. The van der Waals surface area contributed by atoms with Crippen LogP contribution in [-0.4, -0.2) is 26.1 Å². The van der Waals surface area contributed by atoms with Gasteiger partial charge in [0.1, 0.15) is 5.75 Å². The third-order valence-corrected chi connectivity index (χ3v) is 4.03. The summed E-state index contributed by atoms with van der Waals surface area (Å²) in [5.41, 5.74) is 0.773. The van der Waals surface area contributed by atoms with Gasteiger partial charge in [0, 0.05) is 18.2 Å². The molecule has 1 fully saturated rings. The molecule has 0 aromatic heterocycles. The third kappa shape index (κ3) is 4.96. The number of rotatable bonds is 5. The van der Waals surface area contributed by atoms with Gasteiger partial charge in [0.2, 0.25) is 5.91 Å². The quantitative estimate of drug-likeness (QED) is 0.844. The molecule has 0 bridgehead atoms. The summed E-state index contributed by atoms with van der Waals surface area (Å²) in [6.07, 6.45) is 2.70. The third-order valence-electron chi connectivity index (χ3n) is 3.38. The van der Waals surface area contributed by atoms with Crippen LogP contribution in [0.3, 0.4) is 0 Å². The molecule has 1 aromatic carbocycles. The highest BCUT2D eigenvalue weighted by Crippen LogP contribution is 2.28. The molecule has 0 aliphatic carbocycles. The molecule has 0 radical (unpaired) electrons. The largest absolute Gasteiger partial charge is 0.495 e. The highest BCUT2D eigenvalue weighted by molar-refractivity contribution is 9.10. The van der Waals surface area contributed by atoms with Gasteiger partial charge in [-0.05, 0) is 59.9 Å². The van der Waals surface area contributed by atoms with Gasteiger partial charge >= 0.3 is 0 Å². The Balaban J connectivity index is 0.00000200. The average Bonchev–Trinajstić information content (AvgIpc) is 2.92. The van der Waals surface area contributed by atoms with Crippen molar-refractivity contribution in [2.45, 2.75) is 19.3 Å². The highest BCUT2D eigenvalue weighted by atomic mass is 79.9. The zero-order chi connectivity index (χ0) is 13.7. The molecule has 20 heavy (non-hydrogen) atoms. The smallest absolute Gasteiger partial charge is 0.224 e. The summed E-state index contributed by atoms with van der Waals surface area (Å²) in [5, 5.41) is 6.22. The van der Waals surface area contributed by atoms with Gasteiger partial charge in [-0.25, -0.2) is 0 Å². The number of hydrogen-bond donors (Lipinski definition) is 2. The van der Waals surface area contributed by atoms with E-state index in [1.165, 1.54) is 6.42 Å². The van der Waals surface area contributed by atoms with Crippen molar-refractivity contribution >= 4 is 39.9 Å². The van der Waals surface area contributed by atoms with E-state index in [0.29, 0.717) is 12.3 Å². The second-order valence-corrected chi connectivity index (χ2v) is 5.65.